The van der Waals surface area contributed by atoms with Crippen molar-refractivity contribution < 1.29 is 23.9 Å². The van der Waals surface area contributed by atoms with Crippen molar-refractivity contribution in [2.24, 2.45) is 0 Å². The van der Waals surface area contributed by atoms with Gasteiger partial charge in [-0.2, -0.15) is 0 Å². The normalized spacial score (nSPS) is 13.1. The molecular formula is C24H30N2O5. The zero-order valence-corrected chi connectivity index (χ0v) is 18.9. The molecule has 1 amide bonds. The Morgan fingerprint density at radius 3 is 2.45 bits per heavy atom. The van der Waals surface area contributed by atoms with E-state index in [0.717, 1.165) is 18.5 Å². The predicted octanol–water partition coefficient (Wildman–Crippen LogP) is 3.80. The molecule has 0 N–H and O–H groups in total. The van der Waals surface area contributed by atoms with E-state index in [0.29, 0.717) is 34.7 Å². The van der Waals surface area contributed by atoms with Crippen LogP contribution in [-0.4, -0.2) is 53.4 Å². The van der Waals surface area contributed by atoms with Gasteiger partial charge in [0.05, 0.1) is 20.3 Å². The minimum absolute atomic E-state index is 0.0294. The Kier molecular flexibility index (Phi) is 6.83. The second-order valence-electron chi connectivity index (χ2n) is 7.72. The minimum Gasteiger partial charge on any atom is -0.497 e. The lowest BCUT2D eigenvalue weighted by atomic mass is 10.0. The zero-order chi connectivity index (χ0) is 22.7. The molecule has 0 aliphatic heterocycles. The first-order chi connectivity index (χ1) is 14.8. The summed E-state index contributed by atoms with van der Waals surface area (Å²) in [5.41, 5.74) is 2.71. The van der Waals surface area contributed by atoms with Gasteiger partial charge < -0.3 is 18.9 Å². The SMILES string of the molecule is CCOC(=O)c1c(C)c(C(=O)CN(C(=O)c2cccc(OC)c2)C2CC2)c(C)n1CC. The van der Waals surface area contributed by atoms with E-state index in [-0.39, 0.29) is 30.9 Å². The molecule has 1 fully saturated rings. The average Bonchev–Trinajstić information content (AvgIpc) is 3.56. The Bertz CT molecular complexity index is 1000. The highest BCUT2D eigenvalue weighted by molar-refractivity contribution is 6.06. The fraction of sp³-hybridized carbons (Fsp3) is 0.458. The van der Waals surface area contributed by atoms with Gasteiger partial charge in [0.2, 0.25) is 0 Å². The Morgan fingerprint density at radius 1 is 1.16 bits per heavy atom. The average molecular weight is 427 g/mol. The van der Waals surface area contributed by atoms with Gasteiger partial charge >= 0.3 is 5.97 Å². The monoisotopic (exact) mass is 426 g/mol. The van der Waals surface area contributed by atoms with Crippen LogP contribution in [-0.2, 0) is 11.3 Å². The van der Waals surface area contributed by atoms with Crippen LogP contribution in [0.15, 0.2) is 24.3 Å². The summed E-state index contributed by atoms with van der Waals surface area (Å²) in [6.07, 6.45) is 1.76. The van der Waals surface area contributed by atoms with Crippen molar-refractivity contribution >= 4 is 17.7 Å². The molecule has 0 radical (unpaired) electrons. The van der Waals surface area contributed by atoms with Gasteiger partial charge in [-0.05, 0) is 64.3 Å². The Balaban J connectivity index is 1.91. The van der Waals surface area contributed by atoms with Gasteiger partial charge in [-0.15, -0.1) is 0 Å². The number of aromatic nitrogens is 1. The summed E-state index contributed by atoms with van der Waals surface area (Å²) >= 11 is 0. The maximum atomic E-state index is 13.4. The zero-order valence-electron chi connectivity index (χ0n) is 18.9. The number of esters is 1. The van der Waals surface area contributed by atoms with E-state index in [2.05, 4.69) is 0 Å². The quantitative estimate of drug-likeness (QED) is 0.450. The number of benzene rings is 1. The number of amides is 1. The molecule has 0 saturated heterocycles. The van der Waals surface area contributed by atoms with Crippen LogP contribution in [0.5, 0.6) is 5.75 Å². The minimum atomic E-state index is -0.435. The van der Waals surface area contributed by atoms with Crippen LogP contribution in [0.4, 0.5) is 0 Å². The number of carbonyl (C=O) groups is 3. The van der Waals surface area contributed by atoms with Crippen molar-refractivity contribution in [3.05, 3.63) is 52.3 Å². The molecule has 1 aromatic heterocycles. The van der Waals surface area contributed by atoms with Crippen LogP contribution < -0.4 is 4.74 Å². The smallest absolute Gasteiger partial charge is 0.355 e. The topological polar surface area (TPSA) is 77.8 Å². The fourth-order valence-electron chi connectivity index (χ4n) is 4.07. The lowest BCUT2D eigenvalue weighted by Crippen LogP contribution is -2.37. The standard InChI is InChI=1S/C24H30N2O5/c1-6-25-16(4)21(15(3)22(25)24(29)31-7-2)20(27)14-26(18-11-12-18)23(28)17-9-8-10-19(13-17)30-5/h8-10,13,18H,6-7,11-12,14H2,1-5H3. The molecule has 0 atom stereocenters. The van der Waals surface area contributed by atoms with Gasteiger partial charge in [-0.1, -0.05) is 6.07 Å². The molecule has 1 aliphatic carbocycles. The summed E-state index contributed by atoms with van der Waals surface area (Å²) in [7, 11) is 1.55. The molecule has 1 saturated carbocycles. The van der Waals surface area contributed by atoms with E-state index >= 15 is 0 Å². The summed E-state index contributed by atoms with van der Waals surface area (Å²) in [4.78, 5) is 40.7. The van der Waals surface area contributed by atoms with Gasteiger partial charge in [0.1, 0.15) is 11.4 Å². The molecule has 1 aromatic carbocycles. The van der Waals surface area contributed by atoms with Crippen molar-refractivity contribution in [3.63, 3.8) is 0 Å². The Hall–Kier alpha value is -3.09. The second kappa shape index (κ2) is 9.37. The lowest BCUT2D eigenvalue weighted by Gasteiger charge is -2.22. The number of ether oxygens (including phenoxy) is 2. The number of Topliss-reactive ketones (excluding diaryl/α,β-unsaturated/α-hetero) is 1. The third kappa shape index (κ3) is 4.50. The van der Waals surface area contributed by atoms with Crippen LogP contribution in [0, 0.1) is 13.8 Å². The molecule has 2 aromatic rings. The Labute approximate surface area is 182 Å². The highest BCUT2D eigenvalue weighted by Gasteiger charge is 2.36. The summed E-state index contributed by atoms with van der Waals surface area (Å²) in [6, 6.07) is 7.01. The third-order valence-electron chi connectivity index (χ3n) is 5.71. The van der Waals surface area contributed by atoms with E-state index in [1.54, 1.807) is 50.1 Å². The molecule has 7 nitrogen and oxygen atoms in total. The molecule has 3 rings (SSSR count). The van der Waals surface area contributed by atoms with Crippen molar-refractivity contribution in [1.82, 2.24) is 9.47 Å². The predicted molar refractivity (Wildman–Crippen MR) is 117 cm³/mol. The number of hydrogen-bond donors (Lipinski definition) is 0. The van der Waals surface area contributed by atoms with E-state index < -0.39 is 5.97 Å². The highest BCUT2D eigenvalue weighted by atomic mass is 16.5. The maximum absolute atomic E-state index is 13.4. The molecule has 7 heteroatoms. The number of hydrogen-bond acceptors (Lipinski definition) is 5. The first kappa shape index (κ1) is 22.6. The highest BCUT2D eigenvalue weighted by Crippen LogP contribution is 2.30. The van der Waals surface area contributed by atoms with Gasteiger partial charge in [0.25, 0.3) is 5.91 Å². The van der Waals surface area contributed by atoms with Crippen LogP contribution >= 0.6 is 0 Å². The van der Waals surface area contributed by atoms with E-state index in [4.69, 9.17) is 9.47 Å². The molecule has 166 valence electrons. The van der Waals surface area contributed by atoms with Gasteiger partial charge in [-0.25, -0.2) is 4.79 Å². The van der Waals surface area contributed by atoms with Crippen molar-refractivity contribution in [2.45, 2.75) is 53.1 Å². The largest absolute Gasteiger partial charge is 0.497 e. The number of rotatable bonds is 9. The first-order valence-corrected chi connectivity index (χ1v) is 10.7. The first-order valence-electron chi connectivity index (χ1n) is 10.7. The van der Waals surface area contributed by atoms with Gasteiger partial charge in [-0.3, -0.25) is 9.59 Å². The third-order valence-corrected chi connectivity index (χ3v) is 5.71. The fourth-order valence-corrected chi connectivity index (χ4v) is 4.07. The molecule has 0 unspecified atom stereocenters. The van der Waals surface area contributed by atoms with E-state index in [1.807, 2.05) is 18.4 Å². The summed E-state index contributed by atoms with van der Waals surface area (Å²) in [6.45, 7) is 8.05. The molecule has 1 heterocycles. The number of nitrogens with zero attached hydrogens (tertiary/aromatic N) is 2. The molecule has 0 bridgehead atoms. The molecule has 31 heavy (non-hydrogen) atoms. The van der Waals surface area contributed by atoms with Crippen LogP contribution in [0.2, 0.25) is 0 Å². The number of carbonyl (C=O) groups excluding carboxylic acids is 3. The lowest BCUT2D eigenvalue weighted by molar-refractivity contribution is 0.0512. The second-order valence-corrected chi connectivity index (χ2v) is 7.72. The van der Waals surface area contributed by atoms with Crippen molar-refractivity contribution in [2.75, 3.05) is 20.3 Å². The molecular weight excluding hydrogens is 396 g/mol. The van der Waals surface area contributed by atoms with Gasteiger partial charge in [0, 0.05) is 29.4 Å². The van der Waals surface area contributed by atoms with E-state index in [1.165, 1.54) is 0 Å². The number of ketones is 1. The maximum Gasteiger partial charge on any atom is 0.355 e. The van der Waals surface area contributed by atoms with E-state index in [9.17, 15) is 14.4 Å². The molecule has 0 spiro atoms. The Morgan fingerprint density at radius 2 is 1.87 bits per heavy atom. The van der Waals surface area contributed by atoms with Crippen molar-refractivity contribution in [1.29, 1.82) is 0 Å². The number of methoxy groups -OCH3 is 1. The van der Waals surface area contributed by atoms with Crippen LogP contribution in [0.1, 0.15) is 69.2 Å². The molecule has 1 aliphatic rings. The summed E-state index contributed by atoms with van der Waals surface area (Å²) in [5.74, 6) is -0.198. The van der Waals surface area contributed by atoms with Crippen LogP contribution in [0.3, 0.4) is 0 Å². The summed E-state index contributed by atoms with van der Waals surface area (Å²) in [5, 5.41) is 0. The summed E-state index contributed by atoms with van der Waals surface area (Å²) < 4.78 is 12.2. The van der Waals surface area contributed by atoms with Crippen molar-refractivity contribution in [3.8, 4) is 5.75 Å². The van der Waals surface area contributed by atoms with Gasteiger partial charge in [0.15, 0.2) is 5.78 Å². The van der Waals surface area contributed by atoms with Crippen LogP contribution in [0.25, 0.3) is 0 Å².